The number of hydrogen-bond acceptors (Lipinski definition) is 1. The van der Waals surface area contributed by atoms with Crippen LogP contribution in [0.2, 0.25) is 0 Å². The van der Waals surface area contributed by atoms with E-state index < -0.39 is 5.24 Å². The molecular formula is C15H8BrClO. The van der Waals surface area contributed by atoms with Gasteiger partial charge in [-0.15, -0.1) is 0 Å². The van der Waals surface area contributed by atoms with E-state index in [0.29, 0.717) is 5.56 Å². The summed E-state index contributed by atoms with van der Waals surface area (Å²) >= 11 is 9.11. The molecule has 3 heteroatoms. The van der Waals surface area contributed by atoms with Gasteiger partial charge in [0.05, 0.1) is 0 Å². The zero-order valence-corrected chi connectivity index (χ0v) is 11.6. The summed E-state index contributed by atoms with van der Waals surface area (Å²) in [6.07, 6.45) is 0. The van der Waals surface area contributed by atoms with Crippen molar-refractivity contribution in [2.75, 3.05) is 0 Å². The van der Waals surface area contributed by atoms with Gasteiger partial charge in [-0.25, -0.2) is 0 Å². The zero-order chi connectivity index (χ0) is 12.7. The molecule has 0 N–H and O–H groups in total. The van der Waals surface area contributed by atoms with Crippen molar-refractivity contribution < 1.29 is 4.79 Å². The lowest BCUT2D eigenvalue weighted by Crippen LogP contribution is -1.89. The van der Waals surface area contributed by atoms with Crippen LogP contribution in [0.5, 0.6) is 0 Å². The molecule has 3 aromatic carbocycles. The third-order valence-electron chi connectivity index (χ3n) is 3.04. The normalized spacial score (nSPS) is 11.0. The quantitative estimate of drug-likeness (QED) is 0.448. The summed E-state index contributed by atoms with van der Waals surface area (Å²) in [5.41, 5.74) is 0.525. The van der Waals surface area contributed by atoms with Crippen LogP contribution >= 0.6 is 27.5 Å². The molecule has 0 bridgehead atoms. The van der Waals surface area contributed by atoms with Crippen molar-refractivity contribution in [1.82, 2.24) is 0 Å². The number of rotatable bonds is 1. The molecule has 0 aliphatic heterocycles. The van der Waals surface area contributed by atoms with Gasteiger partial charge in [0, 0.05) is 10.0 Å². The fourth-order valence-corrected chi connectivity index (χ4v) is 2.89. The monoisotopic (exact) mass is 318 g/mol. The van der Waals surface area contributed by atoms with E-state index in [2.05, 4.69) is 22.0 Å². The molecule has 0 saturated heterocycles. The van der Waals surface area contributed by atoms with E-state index in [1.165, 1.54) is 0 Å². The number of benzene rings is 3. The van der Waals surface area contributed by atoms with E-state index in [1.807, 2.05) is 36.4 Å². The fraction of sp³-hybridized carbons (Fsp3) is 0. The van der Waals surface area contributed by atoms with Gasteiger partial charge >= 0.3 is 0 Å². The first kappa shape index (κ1) is 11.7. The SMILES string of the molecule is O=C(Cl)c1ccc2cc(Br)c3ccccc3c2c1. The van der Waals surface area contributed by atoms with Crippen LogP contribution in [-0.2, 0) is 0 Å². The summed E-state index contributed by atoms with van der Waals surface area (Å²) in [5.74, 6) is 0. The molecule has 3 aromatic rings. The lowest BCUT2D eigenvalue weighted by atomic mass is 10.0. The first-order chi connectivity index (χ1) is 8.66. The maximum atomic E-state index is 11.2. The van der Waals surface area contributed by atoms with Crippen molar-refractivity contribution in [3.8, 4) is 0 Å². The smallest absolute Gasteiger partial charge is 0.252 e. The van der Waals surface area contributed by atoms with E-state index in [9.17, 15) is 4.79 Å². The van der Waals surface area contributed by atoms with Gasteiger partial charge in [-0.3, -0.25) is 4.79 Å². The Kier molecular flexibility index (Phi) is 2.84. The second kappa shape index (κ2) is 4.38. The molecule has 0 spiro atoms. The molecule has 0 amide bonds. The van der Waals surface area contributed by atoms with Crippen molar-refractivity contribution in [2.45, 2.75) is 0 Å². The van der Waals surface area contributed by atoms with Crippen LogP contribution in [-0.4, -0.2) is 5.24 Å². The van der Waals surface area contributed by atoms with Crippen molar-refractivity contribution >= 4 is 54.3 Å². The topological polar surface area (TPSA) is 17.1 Å². The Morgan fingerprint density at radius 2 is 1.67 bits per heavy atom. The highest BCUT2D eigenvalue weighted by Gasteiger charge is 2.07. The Bertz CT molecular complexity index is 780. The molecule has 88 valence electrons. The predicted molar refractivity (Wildman–Crippen MR) is 79.3 cm³/mol. The van der Waals surface area contributed by atoms with Crippen LogP contribution in [0.15, 0.2) is 53.0 Å². The number of carbonyl (C=O) groups is 1. The second-order valence-corrected chi connectivity index (χ2v) is 5.31. The predicted octanol–water partition coefficient (Wildman–Crippen LogP) is 5.13. The highest BCUT2D eigenvalue weighted by Crippen LogP contribution is 2.32. The lowest BCUT2D eigenvalue weighted by molar-refractivity contribution is 0.108. The van der Waals surface area contributed by atoms with Gasteiger partial charge in [0.1, 0.15) is 0 Å². The van der Waals surface area contributed by atoms with Crippen molar-refractivity contribution in [2.24, 2.45) is 0 Å². The molecule has 18 heavy (non-hydrogen) atoms. The summed E-state index contributed by atoms with van der Waals surface area (Å²) in [4.78, 5) is 11.2. The maximum absolute atomic E-state index is 11.2. The Morgan fingerprint density at radius 3 is 2.39 bits per heavy atom. The molecule has 0 aliphatic carbocycles. The molecule has 0 unspecified atom stereocenters. The largest absolute Gasteiger partial charge is 0.276 e. The summed E-state index contributed by atoms with van der Waals surface area (Å²) in [5, 5.41) is 3.94. The van der Waals surface area contributed by atoms with Gasteiger partial charge in [-0.05, 0) is 51.3 Å². The van der Waals surface area contributed by atoms with Gasteiger partial charge in [0.25, 0.3) is 5.24 Å². The maximum Gasteiger partial charge on any atom is 0.252 e. The molecule has 0 aliphatic rings. The molecule has 0 saturated carbocycles. The fourth-order valence-electron chi connectivity index (χ4n) is 2.18. The second-order valence-electron chi connectivity index (χ2n) is 4.11. The Morgan fingerprint density at radius 1 is 0.944 bits per heavy atom. The minimum Gasteiger partial charge on any atom is -0.276 e. The molecule has 0 fully saturated rings. The van der Waals surface area contributed by atoms with E-state index in [0.717, 1.165) is 26.0 Å². The Balaban J connectivity index is 2.50. The van der Waals surface area contributed by atoms with Crippen molar-refractivity contribution in [3.05, 3.63) is 58.6 Å². The van der Waals surface area contributed by atoms with Gasteiger partial charge in [-0.1, -0.05) is 46.3 Å². The van der Waals surface area contributed by atoms with Gasteiger partial charge < -0.3 is 0 Å². The van der Waals surface area contributed by atoms with Gasteiger partial charge in [-0.2, -0.15) is 0 Å². The Hall–Kier alpha value is -1.38. The summed E-state index contributed by atoms with van der Waals surface area (Å²) in [6, 6.07) is 15.7. The molecular weight excluding hydrogens is 312 g/mol. The van der Waals surface area contributed by atoms with E-state index in [-0.39, 0.29) is 0 Å². The molecule has 0 heterocycles. The summed E-state index contributed by atoms with van der Waals surface area (Å²) < 4.78 is 1.05. The number of halogens is 2. The minimum atomic E-state index is -0.427. The van der Waals surface area contributed by atoms with Crippen LogP contribution in [0.4, 0.5) is 0 Å². The third-order valence-corrected chi connectivity index (χ3v) is 3.91. The highest BCUT2D eigenvalue weighted by molar-refractivity contribution is 9.10. The minimum absolute atomic E-state index is 0.427. The van der Waals surface area contributed by atoms with Crippen LogP contribution in [0, 0.1) is 0 Å². The first-order valence-corrected chi connectivity index (χ1v) is 6.65. The average Bonchev–Trinajstić information content (AvgIpc) is 2.38. The highest BCUT2D eigenvalue weighted by atomic mass is 79.9. The molecule has 0 radical (unpaired) electrons. The number of hydrogen-bond donors (Lipinski definition) is 0. The molecule has 1 nitrogen and oxygen atoms in total. The molecule has 0 aromatic heterocycles. The van der Waals surface area contributed by atoms with E-state index >= 15 is 0 Å². The van der Waals surface area contributed by atoms with Crippen molar-refractivity contribution in [3.63, 3.8) is 0 Å². The molecule has 0 atom stereocenters. The van der Waals surface area contributed by atoms with E-state index in [4.69, 9.17) is 11.6 Å². The average molecular weight is 320 g/mol. The number of fused-ring (bicyclic) bond motifs is 3. The third kappa shape index (κ3) is 1.82. The zero-order valence-electron chi connectivity index (χ0n) is 9.28. The number of carbonyl (C=O) groups excluding carboxylic acids is 1. The van der Waals surface area contributed by atoms with Crippen LogP contribution in [0.3, 0.4) is 0 Å². The van der Waals surface area contributed by atoms with E-state index in [1.54, 1.807) is 6.07 Å². The van der Waals surface area contributed by atoms with Crippen LogP contribution in [0.25, 0.3) is 21.5 Å². The lowest BCUT2D eigenvalue weighted by Gasteiger charge is -2.07. The van der Waals surface area contributed by atoms with Crippen LogP contribution < -0.4 is 0 Å². The summed E-state index contributed by atoms with van der Waals surface area (Å²) in [6.45, 7) is 0. The van der Waals surface area contributed by atoms with Crippen LogP contribution in [0.1, 0.15) is 10.4 Å². The standard InChI is InChI=1S/C15H8BrClO/c16-14-8-9-5-6-10(15(17)18)7-13(9)11-3-1-2-4-12(11)14/h1-8H. The first-order valence-electron chi connectivity index (χ1n) is 5.47. The van der Waals surface area contributed by atoms with Gasteiger partial charge in [0.15, 0.2) is 0 Å². The molecule has 3 rings (SSSR count). The Labute approximate surface area is 117 Å². The van der Waals surface area contributed by atoms with Gasteiger partial charge in [0.2, 0.25) is 0 Å². The summed E-state index contributed by atoms with van der Waals surface area (Å²) in [7, 11) is 0. The van der Waals surface area contributed by atoms with Crippen molar-refractivity contribution in [1.29, 1.82) is 0 Å².